The maximum atomic E-state index is 11.5. The lowest BCUT2D eigenvalue weighted by Crippen LogP contribution is -2.07. The predicted molar refractivity (Wildman–Crippen MR) is 85.2 cm³/mol. The van der Waals surface area contributed by atoms with E-state index in [0.717, 1.165) is 5.56 Å². The summed E-state index contributed by atoms with van der Waals surface area (Å²) in [5, 5.41) is 4.48. The standard InChI is InChI=1S/C16H17ClN2O4/c1-4-22-15(21)8-11-5-6-14(13(17)7-11)23-16-12(9-20)10(2)18-19(16)3/h5-7,9H,4,8H2,1-3H3. The Labute approximate surface area is 139 Å². The van der Waals surface area contributed by atoms with E-state index in [1.54, 1.807) is 39.1 Å². The van der Waals surface area contributed by atoms with E-state index in [2.05, 4.69) is 5.10 Å². The van der Waals surface area contributed by atoms with Crippen LogP contribution in [0.25, 0.3) is 0 Å². The van der Waals surface area contributed by atoms with Crippen molar-refractivity contribution in [2.45, 2.75) is 20.3 Å². The number of hydrogen-bond donors (Lipinski definition) is 0. The number of aryl methyl sites for hydroxylation is 2. The summed E-state index contributed by atoms with van der Waals surface area (Å²) in [6.07, 6.45) is 0.832. The molecule has 0 bridgehead atoms. The topological polar surface area (TPSA) is 70.4 Å². The Balaban J connectivity index is 2.22. The molecule has 7 heteroatoms. The number of benzene rings is 1. The van der Waals surface area contributed by atoms with Crippen LogP contribution in [0.15, 0.2) is 18.2 Å². The van der Waals surface area contributed by atoms with Crippen LogP contribution in [0.2, 0.25) is 5.02 Å². The monoisotopic (exact) mass is 336 g/mol. The molecule has 0 saturated carbocycles. The number of carbonyl (C=O) groups is 2. The van der Waals surface area contributed by atoms with Crippen LogP contribution in [0.4, 0.5) is 0 Å². The summed E-state index contributed by atoms with van der Waals surface area (Å²) in [6, 6.07) is 5.01. The minimum absolute atomic E-state index is 0.137. The van der Waals surface area contributed by atoms with E-state index in [0.29, 0.717) is 40.8 Å². The Morgan fingerprint density at radius 3 is 2.78 bits per heavy atom. The molecule has 122 valence electrons. The summed E-state index contributed by atoms with van der Waals surface area (Å²) < 4.78 is 12.1. The van der Waals surface area contributed by atoms with Crippen molar-refractivity contribution in [2.24, 2.45) is 7.05 Å². The molecule has 0 amide bonds. The van der Waals surface area contributed by atoms with Gasteiger partial charge in [0.05, 0.1) is 29.3 Å². The first-order chi connectivity index (χ1) is 11.0. The van der Waals surface area contributed by atoms with Crippen molar-refractivity contribution >= 4 is 23.9 Å². The van der Waals surface area contributed by atoms with E-state index >= 15 is 0 Å². The highest BCUT2D eigenvalue weighted by Gasteiger charge is 2.16. The van der Waals surface area contributed by atoms with Crippen molar-refractivity contribution < 1.29 is 19.1 Å². The van der Waals surface area contributed by atoms with E-state index in [1.807, 2.05) is 0 Å². The van der Waals surface area contributed by atoms with Gasteiger partial charge in [0.2, 0.25) is 5.88 Å². The zero-order valence-electron chi connectivity index (χ0n) is 13.1. The lowest BCUT2D eigenvalue weighted by molar-refractivity contribution is -0.142. The Kier molecular flexibility index (Phi) is 5.39. The largest absolute Gasteiger partial charge is 0.466 e. The van der Waals surface area contributed by atoms with Gasteiger partial charge >= 0.3 is 5.97 Å². The van der Waals surface area contributed by atoms with Crippen LogP contribution in [0.5, 0.6) is 11.6 Å². The molecule has 0 saturated heterocycles. The highest BCUT2D eigenvalue weighted by molar-refractivity contribution is 6.32. The smallest absolute Gasteiger partial charge is 0.310 e. The van der Waals surface area contributed by atoms with Gasteiger partial charge in [-0.1, -0.05) is 17.7 Å². The molecule has 1 heterocycles. The van der Waals surface area contributed by atoms with Crippen LogP contribution in [-0.2, 0) is 23.0 Å². The number of rotatable bonds is 6. The Morgan fingerprint density at radius 1 is 1.43 bits per heavy atom. The second-order valence-corrected chi connectivity index (χ2v) is 5.30. The summed E-state index contributed by atoms with van der Waals surface area (Å²) in [6.45, 7) is 3.81. The Morgan fingerprint density at radius 2 is 2.17 bits per heavy atom. The van der Waals surface area contributed by atoms with Crippen LogP contribution in [0.1, 0.15) is 28.5 Å². The Hall–Kier alpha value is -2.34. The highest BCUT2D eigenvalue weighted by atomic mass is 35.5. The molecule has 2 aromatic rings. The number of hydrogen-bond acceptors (Lipinski definition) is 5. The molecular formula is C16H17ClN2O4. The second kappa shape index (κ2) is 7.28. The fraction of sp³-hybridized carbons (Fsp3) is 0.312. The molecule has 6 nitrogen and oxygen atoms in total. The van der Waals surface area contributed by atoms with Crippen molar-refractivity contribution in [3.8, 4) is 11.6 Å². The van der Waals surface area contributed by atoms with Crippen molar-refractivity contribution in [1.82, 2.24) is 9.78 Å². The van der Waals surface area contributed by atoms with Crippen LogP contribution in [0.3, 0.4) is 0 Å². The first-order valence-corrected chi connectivity index (χ1v) is 7.44. The average Bonchev–Trinajstić information content (AvgIpc) is 2.75. The maximum absolute atomic E-state index is 11.5. The molecule has 1 aromatic heterocycles. The van der Waals surface area contributed by atoms with Crippen molar-refractivity contribution in [3.63, 3.8) is 0 Å². The molecule has 2 rings (SSSR count). The molecule has 0 fully saturated rings. The quantitative estimate of drug-likeness (QED) is 0.599. The molecule has 0 radical (unpaired) electrons. The molecule has 0 atom stereocenters. The lowest BCUT2D eigenvalue weighted by Gasteiger charge is -2.10. The summed E-state index contributed by atoms with van der Waals surface area (Å²) >= 11 is 6.20. The number of ether oxygens (including phenoxy) is 2. The molecular weight excluding hydrogens is 320 g/mol. The van der Waals surface area contributed by atoms with E-state index in [-0.39, 0.29) is 12.4 Å². The fourth-order valence-corrected chi connectivity index (χ4v) is 2.37. The maximum Gasteiger partial charge on any atom is 0.310 e. The number of halogens is 1. The van der Waals surface area contributed by atoms with Gasteiger partial charge in [0, 0.05) is 7.05 Å². The third-order valence-corrected chi connectivity index (χ3v) is 3.48. The molecule has 1 aromatic carbocycles. The molecule has 0 unspecified atom stereocenters. The number of aldehydes is 1. The highest BCUT2D eigenvalue weighted by Crippen LogP contribution is 2.32. The van der Waals surface area contributed by atoms with Gasteiger partial charge in [-0.25, -0.2) is 4.68 Å². The van der Waals surface area contributed by atoms with Gasteiger partial charge in [-0.3, -0.25) is 9.59 Å². The van der Waals surface area contributed by atoms with Crippen molar-refractivity contribution in [3.05, 3.63) is 40.0 Å². The van der Waals surface area contributed by atoms with Gasteiger partial charge < -0.3 is 9.47 Å². The van der Waals surface area contributed by atoms with Crippen LogP contribution < -0.4 is 4.74 Å². The molecule has 0 aliphatic heterocycles. The zero-order valence-corrected chi connectivity index (χ0v) is 13.9. The van der Waals surface area contributed by atoms with Gasteiger partial charge in [-0.2, -0.15) is 5.10 Å². The summed E-state index contributed by atoms with van der Waals surface area (Å²) in [5.74, 6) is 0.380. The van der Waals surface area contributed by atoms with Crippen molar-refractivity contribution in [2.75, 3.05) is 6.61 Å². The normalized spacial score (nSPS) is 10.4. The third kappa shape index (κ3) is 3.90. The fourth-order valence-electron chi connectivity index (χ4n) is 2.13. The van der Waals surface area contributed by atoms with Gasteiger partial charge in [-0.05, 0) is 31.5 Å². The molecule has 0 spiro atoms. The van der Waals surface area contributed by atoms with Gasteiger partial charge in [-0.15, -0.1) is 0 Å². The first-order valence-electron chi connectivity index (χ1n) is 7.07. The number of esters is 1. The minimum atomic E-state index is -0.317. The minimum Gasteiger partial charge on any atom is -0.466 e. The molecule has 23 heavy (non-hydrogen) atoms. The van der Waals surface area contributed by atoms with Gasteiger partial charge in [0.15, 0.2) is 6.29 Å². The lowest BCUT2D eigenvalue weighted by atomic mass is 10.1. The summed E-state index contributed by atoms with van der Waals surface area (Å²) in [5.41, 5.74) is 1.67. The first kappa shape index (κ1) is 17.0. The SMILES string of the molecule is CCOC(=O)Cc1ccc(Oc2c(C=O)c(C)nn2C)c(Cl)c1. The van der Waals surface area contributed by atoms with E-state index in [1.165, 1.54) is 4.68 Å². The van der Waals surface area contributed by atoms with Gasteiger partial charge in [0.1, 0.15) is 5.75 Å². The molecule has 0 aliphatic rings. The number of aromatic nitrogens is 2. The van der Waals surface area contributed by atoms with Crippen molar-refractivity contribution in [1.29, 1.82) is 0 Å². The Bertz CT molecular complexity index is 740. The zero-order chi connectivity index (χ0) is 17.0. The molecule has 0 aliphatic carbocycles. The van der Waals surface area contributed by atoms with Crippen LogP contribution >= 0.6 is 11.6 Å². The number of carbonyl (C=O) groups excluding carboxylic acids is 2. The summed E-state index contributed by atoms with van der Waals surface area (Å²) in [4.78, 5) is 22.6. The van der Waals surface area contributed by atoms with Crippen LogP contribution in [-0.4, -0.2) is 28.6 Å². The average molecular weight is 337 g/mol. The predicted octanol–water partition coefficient (Wildman–Crippen LogP) is 3.09. The van der Waals surface area contributed by atoms with E-state index < -0.39 is 0 Å². The molecule has 0 N–H and O–H groups in total. The third-order valence-electron chi connectivity index (χ3n) is 3.19. The van der Waals surface area contributed by atoms with Crippen LogP contribution in [0, 0.1) is 6.92 Å². The number of nitrogens with zero attached hydrogens (tertiary/aromatic N) is 2. The summed E-state index contributed by atoms with van der Waals surface area (Å²) in [7, 11) is 1.68. The van der Waals surface area contributed by atoms with E-state index in [4.69, 9.17) is 21.1 Å². The second-order valence-electron chi connectivity index (χ2n) is 4.89. The van der Waals surface area contributed by atoms with E-state index in [9.17, 15) is 9.59 Å². The van der Waals surface area contributed by atoms with Gasteiger partial charge in [0.25, 0.3) is 0 Å².